The van der Waals surface area contributed by atoms with E-state index in [1.165, 1.54) is 0 Å². The molecule has 150 valence electrons. The standard InChI is InChI=1S/C21H28N4O3/c1-5-22-19(26)13-28-16-10-8-15(9-11-16)23-20(27)17-12-18(14-6-7-14)25(24-17)21(2,3)4/h8-12,14H,5-7,13H2,1-4H3,(H,22,26)(H,23,27). The molecule has 2 aromatic rings. The molecule has 0 unspecified atom stereocenters. The minimum Gasteiger partial charge on any atom is -0.484 e. The summed E-state index contributed by atoms with van der Waals surface area (Å²) >= 11 is 0. The number of carbonyl (C=O) groups is 2. The molecule has 2 N–H and O–H groups in total. The predicted molar refractivity (Wildman–Crippen MR) is 108 cm³/mol. The highest BCUT2D eigenvalue weighted by atomic mass is 16.5. The highest BCUT2D eigenvalue weighted by Crippen LogP contribution is 2.41. The van der Waals surface area contributed by atoms with Crippen molar-refractivity contribution in [3.05, 3.63) is 41.7 Å². The second-order valence-corrected chi connectivity index (χ2v) is 8.03. The van der Waals surface area contributed by atoms with Crippen LogP contribution in [0.4, 0.5) is 5.69 Å². The van der Waals surface area contributed by atoms with Gasteiger partial charge in [0.2, 0.25) is 0 Å². The lowest BCUT2D eigenvalue weighted by Crippen LogP contribution is -2.28. The fraction of sp³-hybridized carbons (Fsp3) is 0.476. The Balaban J connectivity index is 1.64. The van der Waals surface area contributed by atoms with Crippen molar-refractivity contribution in [2.24, 2.45) is 0 Å². The Kier molecular flexibility index (Phi) is 5.72. The summed E-state index contributed by atoms with van der Waals surface area (Å²) in [5, 5.41) is 10.1. The van der Waals surface area contributed by atoms with E-state index in [9.17, 15) is 9.59 Å². The van der Waals surface area contributed by atoms with Crippen molar-refractivity contribution in [2.75, 3.05) is 18.5 Å². The molecule has 1 aromatic carbocycles. The van der Waals surface area contributed by atoms with Gasteiger partial charge in [0.15, 0.2) is 12.3 Å². The monoisotopic (exact) mass is 384 g/mol. The molecule has 0 spiro atoms. The molecule has 1 aromatic heterocycles. The van der Waals surface area contributed by atoms with Gasteiger partial charge in [-0.05, 0) is 70.9 Å². The van der Waals surface area contributed by atoms with Gasteiger partial charge in [-0.3, -0.25) is 14.3 Å². The number of likely N-dealkylation sites (N-methyl/N-ethyl adjacent to an activating group) is 1. The molecule has 0 saturated heterocycles. The number of ether oxygens (including phenoxy) is 1. The smallest absolute Gasteiger partial charge is 0.276 e. The van der Waals surface area contributed by atoms with E-state index >= 15 is 0 Å². The summed E-state index contributed by atoms with van der Waals surface area (Å²) in [4.78, 5) is 24.1. The molecule has 0 atom stereocenters. The van der Waals surface area contributed by atoms with E-state index in [-0.39, 0.29) is 24.0 Å². The summed E-state index contributed by atoms with van der Waals surface area (Å²) in [6, 6.07) is 8.83. The van der Waals surface area contributed by atoms with Crippen LogP contribution in [0, 0.1) is 0 Å². The van der Waals surface area contributed by atoms with Gasteiger partial charge in [-0.25, -0.2) is 0 Å². The third-order valence-electron chi connectivity index (χ3n) is 4.46. The largest absolute Gasteiger partial charge is 0.484 e. The van der Waals surface area contributed by atoms with E-state index in [2.05, 4.69) is 36.5 Å². The fourth-order valence-corrected chi connectivity index (χ4v) is 2.94. The summed E-state index contributed by atoms with van der Waals surface area (Å²) in [6.45, 7) is 8.66. The second kappa shape index (κ2) is 8.04. The highest BCUT2D eigenvalue weighted by Gasteiger charge is 2.32. The zero-order chi connectivity index (χ0) is 20.3. The number of anilines is 1. The predicted octanol–water partition coefficient (Wildman–Crippen LogP) is 3.28. The first-order valence-corrected chi connectivity index (χ1v) is 9.69. The first kappa shape index (κ1) is 19.9. The average Bonchev–Trinajstić information content (AvgIpc) is 3.38. The molecule has 7 heteroatoms. The van der Waals surface area contributed by atoms with Crippen LogP contribution < -0.4 is 15.4 Å². The molecule has 3 rings (SSSR count). The number of carbonyl (C=O) groups excluding carboxylic acids is 2. The minimum atomic E-state index is -0.235. The van der Waals surface area contributed by atoms with Gasteiger partial charge in [-0.2, -0.15) is 5.10 Å². The number of nitrogens with one attached hydrogen (secondary N) is 2. The molecular formula is C21H28N4O3. The lowest BCUT2D eigenvalue weighted by atomic mass is 10.1. The van der Waals surface area contributed by atoms with Gasteiger partial charge in [-0.1, -0.05) is 0 Å². The Hall–Kier alpha value is -2.83. The van der Waals surface area contributed by atoms with Crippen molar-refractivity contribution in [3.8, 4) is 5.75 Å². The summed E-state index contributed by atoms with van der Waals surface area (Å²) < 4.78 is 7.38. The molecule has 7 nitrogen and oxygen atoms in total. The quantitative estimate of drug-likeness (QED) is 0.767. The van der Waals surface area contributed by atoms with Gasteiger partial charge in [-0.15, -0.1) is 0 Å². The van der Waals surface area contributed by atoms with Crippen LogP contribution in [0.5, 0.6) is 5.75 Å². The first-order chi connectivity index (χ1) is 13.3. The number of aromatic nitrogens is 2. The summed E-state index contributed by atoms with van der Waals surface area (Å²) in [7, 11) is 0. The Morgan fingerprint density at radius 2 is 1.89 bits per heavy atom. The number of rotatable bonds is 7. The molecule has 28 heavy (non-hydrogen) atoms. The average molecular weight is 384 g/mol. The lowest BCUT2D eigenvalue weighted by molar-refractivity contribution is -0.122. The topological polar surface area (TPSA) is 85.3 Å². The van der Waals surface area contributed by atoms with E-state index < -0.39 is 0 Å². The van der Waals surface area contributed by atoms with Crippen molar-refractivity contribution in [1.29, 1.82) is 0 Å². The van der Waals surface area contributed by atoms with Crippen molar-refractivity contribution in [3.63, 3.8) is 0 Å². The first-order valence-electron chi connectivity index (χ1n) is 9.69. The Bertz CT molecular complexity index is 846. The molecule has 1 fully saturated rings. The van der Waals surface area contributed by atoms with E-state index in [0.717, 1.165) is 18.5 Å². The van der Waals surface area contributed by atoms with Gasteiger partial charge in [0.1, 0.15) is 5.75 Å². The maximum absolute atomic E-state index is 12.7. The van der Waals surface area contributed by atoms with E-state index in [0.29, 0.717) is 29.6 Å². The van der Waals surface area contributed by atoms with Crippen LogP contribution in [0.2, 0.25) is 0 Å². The molecule has 0 aliphatic heterocycles. The summed E-state index contributed by atoms with van der Waals surface area (Å²) in [6.07, 6.45) is 2.31. The normalized spacial score (nSPS) is 13.9. The second-order valence-electron chi connectivity index (χ2n) is 8.03. The van der Waals surface area contributed by atoms with Gasteiger partial charge >= 0.3 is 0 Å². The lowest BCUT2D eigenvalue weighted by Gasteiger charge is -2.22. The van der Waals surface area contributed by atoms with Gasteiger partial charge in [0.25, 0.3) is 11.8 Å². The minimum absolute atomic E-state index is 0.0340. The third-order valence-corrected chi connectivity index (χ3v) is 4.46. The van der Waals surface area contributed by atoms with Crippen LogP contribution in [-0.2, 0) is 10.3 Å². The zero-order valence-electron chi connectivity index (χ0n) is 16.9. The van der Waals surface area contributed by atoms with Crippen LogP contribution in [0.15, 0.2) is 30.3 Å². The maximum Gasteiger partial charge on any atom is 0.276 e. The summed E-state index contributed by atoms with van der Waals surface area (Å²) in [5.41, 5.74) is 2.04. The van der Waals surface area contributed by atoms with Gasteiger partial charge in [0.05, 0.1) is 5.54 Å². The highest BCUT2D eigenvalue weighted by molar-refractivity contribution is 6.03. The molecule has 1 aliphatic rings. The number of nitrogens with zero attached hydrogens (tertiary/aromatic N) is 2. The van der Waals surface area contributed by atoms with E-state index in [4.69, 9.17) is 4.74 Å². The Morgan fingerprint density at radius 3 is 2.46 bits per heavy atom. The van der Waals surface area contributed by atoms with E-state index in [1.54, 1.807) is 24.3 Å². The molecule has 1 heterocycles. The Morgan fingerprint density at radius 1 is 1.21 bits per heavy atom. The number of hydrogen-bond acceptors (Lipinski definition) is 4. The van der Waals surface area contributed by atoms with Crippen LogP contribution in [-0.4, -0.2) is 34.7 Å². The fourth-order valence-electron chi connectivity index (χ4n) is 2.94. The maximum atomic E-state index is 12.7. The number of amides is 2. The number of benzene rings is 1. The van der Waals surface area contributed by atoms with Crippen LogP contribution >= 0.6 is 0 Å². The zero-order valence-corrected chi connectivity index (χ0v) is 16.9. The SMILES string of the molecule is CCNC(=O)COc1ccc(NC(=O)c2cc(C3CC3)n(C(C)(C)C)n2)cc1. The van der Waals surface area contributed by atoms with Crippen LogP contribution in [0.1, 0.15) is 62.6 Å². The van der Waals surface area contributed by atoms with Crippen LogP contribution in [0.25, 0.3) is 0 Å². The van der Waals surface area contributed by atoms with Crippen molar-refractivity contribution in [1.82, 2.24) is 15.1 Å². The van der Waals surface area contributed by atoms with Crippen molar-refractivity contribution < 1.29 is 14.3 Å². The van der Waals surface area contributed by atoms with Crippen molar-refractivity contribution in [2.45, 2.75) is 52.0 Å². The molecule has 0 radical (unpaired) electrons. The Labute approximate surface area is 165 Å². The van der Waals surface area contributed by atoms with E-state index in [1.807, 2.05) is 17.7 Å². The molecular weight excluding hydrogens is 356 g/mol. The van der Waals surface area contributed by atoms with Gasteiger partial charge in [0, 0.05) is 23.8 Å². The molecule has 0 bridgehead atoms. The molecule has 2 amide bonds. The van der Waals surface area contributed by atoms with Crippen LogP contribution in [0.3, 0.4) is 0 Å². The molecule has 1 aliphatic carbocycles. The van der Waals surface area contributed by atoms with Gasteiger partial charge < -0.3 is 15.4 Å². The van der Waals surface area contributed by atoms with Crippen molar-refractivity contribution >= 4 is 17.5 Å². The molecule has 1 saturated carbocycles. The number of hydrogen-bond donors (Lipinski definition) is 2. The third kappa shape index (κ3) is 4.91. The summed E-state index contributed by atoms with van der Waals surface area (Å²) in [5.74, 6) is 0.675.